The molecule has 0 aliphatic carbocycles. The standard InChI is InChI=1S/C11H9F3N2O/c1-6-2-3-7(15)4-8(6)9-5-10(16-17-9)11(12,13)14/h2-5H,15H2,1H3. The molecule has 2 aromatic rings. The normalized spacial score (nSPS) is 11.8. The Bertz CT molecular complexity index is 546. The number of hydrogen-bond donors (Lipinski definition) is 1. The molecule has 90 valence electrons. The number of rotatable bonds is 1. The lowest BCUT2D eigenvalue weighted by atomic mass is 10.1. The minimum Gasteiger partial charge on any atom is -0.399 e. The van der Waals surface area contributed by atoms with Crippen molar-refractivity contribution in [3.8, 4) is 11.3 Å². The number of aryl methyl sites for hydroxylation is 1. The van der Waals surface area contributed by atoms with Gasteiger partial charge in [0, 0.05) is 17.3 Å². The molecule has 1 aromatic carbocycles. The molecule has 2 rings (SSSR count). The van der Waals surface area contributed by atoms with Crippen molar-refractivity contribution in [2.45, 2.75) is 13.1 Å². The summed E-state index contributed by atoms with van der Waals surface area (Å²) in [6.07, 6.45) is -4.50. The predicted molar refractivity (Wildman–Crippen MR) is 56.1 cm³/mol. The molecule has 0 fully saturated rings. The summed E-state index contributed by atoms with van der Waals surface area (Å²) >= 11 is 0. The lowest BCUT2D eigenvalue weighted by molar-refractivity contribution is -0.142. The Balaban J connectivity index is 2.47. The van der Waals surface area contributed by atoms with Gasteiger partial charge in [0.05, 0.1) is 0 Å². The fourth-order valence-electron chi connectivity index (χ4n) is 1.44. The van der Waals surface area contributed by atoms with Gasteiger partial charge in [0.1, 0.15) is 0 Å². The van der Waals surface area contributed by atoms with Crippen LogP contribution < -0.4 is 5.73 Å². The van der Waals surface area contributed by atoms with Crippen molar-refractivity contribution in [2.75, 3.05) is 5.73 Å². The van der Waals surface area contributed by atoms with Gasteiger partial charge in [0.2, 0.25) is 0 Å². The number of nitrogens with zero attached hydrogens (tertiary/aromatic N) is 1. The summed E-state index contributed by atoms with van der Waals surface area (Å²) in [5.74, 6) is 0.0575. The quantitative estimate of drug-likeness (QED) is 0.781. The molecule has 0 saturated heterocycles. The highest BCUT2D eigenvalue weighted by atomic mass is 19.4. The number of anilines is 1. The maximum absolute atomic E-state index is 12.3. The average Bonchev–Trinajstić information content (AvgIpc) is 2.70. The van der Waals surface area contributed by atoms with E-state index in [9.17, 15) is 13.2 Å². The highest BCUT2D eigenvalue weighted by Crippen LogP contribution is 2.33. The first-order chi connectivity index (χ1) is 7.88. The Kier molecular flexibility index (Phi) is 2.57. The van der Waals surface area contributed by atoms with Gasteiger partial charge in [0.15, 0.2) is 11.5 Å². The molecule has 0 atom stereocenters. The Labute approximate surface area is 95.0 Å². The molecule has 0 spiro atoms. The zero-order valence-corrected chi connectivity index (χ0v) is 8.88. The van der Waals surface area contributed by atoms with Crippen LogP contribution in [-0.4, -0.2) is 5.16 Å². The number of halogens is 3. The lowest BCUT2D eigenvalue weighted by Crippen LogP contribution is -2.04. The number of hydrogen-bond acceptors (Lipinski definition) is 3. The smallest absolute Gasteiger partial charge is 0.399 e. The van der Waals surface area contributed by atoms with E-state index < -0.39 is 11.9 Å². The predicted octanol–water partition coefficient (Wildman–Crippen LogP) is 3.25. The second kappa shape index (κ2) is 3.80. The third-order valence-electron chi connectivity index (χ3n) is 2.33. The van der Waals surface area contributed by atoms with Crippen molar-refractivity contribution in [2.24, 2.45) is 0 Å². The molecular weight excluding hydrogens is 233 g/mol. The monoisotopic (exact) mass is 242 g/mol. The highest BCUT2D eigenvalue weighted by molar-refractivity contribution is 5.66. The summed E-state index contributed by atoms with van der Waals surface area (Å²) in [7, 11) is 0. The third kappa shape index (κ3) is 2.25. The van der Waals surface area contributed by atoms with Crippen LogP contribution in [0.5, 0.6) is 0 Å². The van der Waals surface area contributed by atoms with Gasteiger partial charge in [-0.1, -0.05) is 11.2 Å². The van der Waals surface area contributed by atoms with Gasteiger partial charge >= 0.3 is 6.18 Å². The van der Waals surface area contributed by atoms with Crippen LogP contribution in [0.1, 0.15) is 11.3 Å². The van der Waals surface area contributed by atoms with E-state index in [2.05, 4.69) is 9.68 Å². The molecule has 3 nitrogen and oxygen atoms in total. The van der Waals surface area contributed by atoms with Gasteiger partial charge in [-0.25, -0.2) is 0 Å². The van der Waals surface area contributed by atoms with E-state index in [1.165, 1.54) is 0 Å². The van der Waals surface area contributed by atoms with Gasteiger partial charge in [0.25, 0.3) is 0 Å². The third-order valence-corrected chi connectivity index (χ3v) is 2.33. The summed E-state index contributed by atoms with van der Waals surface area (Å²) < 4.78 is 41.7. The number of benzene rings is 1. The van der Waals surface area contributed by atoms with Gasteiger partial charge in [-0.15, -0.1) is 0 Å². The van der Waals surface area contributed by atoms with E-state index in [0.717, 1.165) is 11.6 Å². The number of nitrogen functional groups attached to an aromatic ring is 1. The van der Waals surface area contributed by atoms with Gasteiger partial charge < -0.3 is 10.3 Å². The number of aromatic nitrogens is 1. The minimum absolute atomic E-state index is 0.0575. The van der Waals surface area contributed by atoms with E-state index in [4.69, 9.17) is 5.73 Å². The Morgan fingerprint density at radius 1 is 1.24 bits per heavy atom. The molecule has 0 aliphatic heterocycles. The van der Waals surface area contributed by atoms with Crippen LogP contribution in [0.2, 0.25) is 0 Å². The van der Waals surface area contributed by atoms with Crippen LogP contribution in [0.15, 0.2) is 28.8 Å². The summed E-state index contributed by atoms with van der Waals surface area (Å²) in [4.78, 5) is 0. The van der Waals surface area contributed by atoms with Crippen LogP contribution in [-0.2, 0) is 6.18 Å². The number of nitrogens with two attached hydrogens (primary N) is 1. The Hall–Kier alpha value is -1.98. The van der Waals surface area contributed by atoms with Gasteiger partial charge in [-0.2, -0.15) is 13.2 Å². The molecule has 0 bridgehead atoms. The molecule has 0 radical (unpaired) electrons. The number of alkyl halides is 3. The molecule has 0 amide bonds. The first-order valence-corrected chi connectivity index (χ1v) is 4.78. The summed E-state index contributed by atoms with van der Waals surface area (Å²) in [6.45, 7) is 1.75. The van der Waals surface area contributed by atoms with E-state index in [-0.39, 0.29) is 5.76 Å². The molecule has 2 N–H and O–H groups in total. The second-order valence-corrected chi connectivity index (χ2v) is 3.65. The van der Waals surface area contributed by atoms with Crippen LogP contribution in [0.25, 0.3) is 11.3 Å². The van der Waals surface area contributed by atoms with E-state index in [1.54, 1.807) is 25.1 Å². The van der Waals surface area contributed by atoms with Crippen molar-refractivity contribution in [3.05, 3.63) is 35.5 Å². The van der Waals surface area contributed by atoms with E-state index >= 15 is 0 Å². The summed E-state index contributed by atoms with van der Waals surface area (Å²) in [5, 5.41) is 2.99. The molecular formula is C11H9F3N2O. The van der Waals surface area contributed by atoms with Crippen LogP contribution >= 0.6 is 0 Å². The van der Waals surface area contributed by atoms with Crippen LogP contribution in [0, 0.1) is 6.92 Å². The van der Waals surface area contributed by atoms with Gasteiger partial charge in [-0.05, 0) is 24.6 Å². The fourth-order valence-corrected chi connectivity index (χ4v) is 1.44. The Morgan fingerprint density at radius 3 is 2.53 bits per heavy atom. The second-order valence-electron chi connectivity index (χ2n) is 3.65. The molecule has 0 unspecified atom stereocenters. The summed E-state index contributed by atoms with van der Waals surface area (Å²) in [6, 6.07) is 5.79. The minimum atomic E-state index is -4.50. The molecule has 1 aromatic heterocycles. The van der Waals surface area contributed by atoms with Crippen LogP contribution in [0.3, 0.4) is 0 Å². The first-order valence-electron chi connectivity index (χ1n) is 4.78. The molecule has 1 heterocycles. The van der Waals surface area contributed by atoms with Gasteiger partial charge in [-0.3, -0.25) is 0 Å². The summed E-state index contributed by atoms with van der Waals surface area (Å²) in [5.41, 5.74) is 6.26. The molecule has 0 saturated carbocycles. The van der Waals surface area contributed by atoms with Crippen molar-refractivity contribution >= 4 is 5.69 Å². The van der Waals surface area contributed by atoms with Crippen LogP contribution in [0.4, 0.5) is 18.9 Å². The highest BCUT2D eigenvalue weighted by Gasteiger charge is 2.35. The molecule has 0 aliphatic rings. The maximum Gasteiger partial charge on any atom is 0.436 e. The van der Waals surface area contributed by atoms with E-state index in [0.29, 0.717) is 11.3 Å². The van der Waals surface area contributed by atoms with E-state index in [1.807, 2.05) is 0 Å². The zero-order chi connectivity index (χ0) is 12.6. The molecule has 6 heteroatoms. The van der Waals surface area contributed by atoms with Crippen molar-refractivity contribution in [1.82, 2.24) is 5.16 Å². The van der Waals surface area contributed by atoms with Crippen molar-refractivity contribution in [1.29, 1.82) is 0 Å². The fraction of sp³-hybridized carbons (Fsp3) is 0.182. The maximum atomic E-state index is 12.3. The molecule has 17 heavy (non-hydrogen) atoms. The lowest BCUT2D eigenvalue weighted by Gasteiger charge is -2.02. The van der Waals surface area contributed by atoms with Crippen molar-refractivity contribution < 1.29 is 17.7 Å². The average molecular weight is 242 g/mol. The Morgan fingerprint density at radius 2 is 1.94 bits per heavy atom. The van der Waals surface area contributed by atoms with Crippen molar-refractivity contribution in [3.63, 3.8) is 0 Å². The zero-order valence-electron chi connectivity index (χ0n) is 8.88. The SMILES string of the molecule is Cc1ccc(N)cc1-c1cc(C(F)(F)F)no1. The largest absolute Gasteiger partial charge is 0.436 e. The first kappa shape index (κ1) is 11.5. The topological polar surface area (TPSA) is 52.0 Å².